The number of hydrogen-bond acceptors (Lipinski definition) is 11. The molecular formula is C44H51FN10O4. The van der Waals surface area contributed by atoms with Gasteiger partial charge in [0.15, 0.2) is 11.5 Å². The average Bonchev–Trinajstić information content (AvgIpc) is 3.49. The van der Waals surface area contributed by atoms with Gasteiger partial charge in [-0.05, 0) is 125 Å². The van der Waals surface area contributed by atoms with E-state index in [1.807, 2.05) is 24.3 Å². The second-order valence-corrected chi connectivity index (χ2v) is 16.4. The van der Waals surface area contributed by atoms with Crippen molar-refractivity contribution in [1.29, 1.82) is 0 Å². The number of piperidine rings is 3. The number of aliphatic hydroxyl groups is 1. The van der Waals surface area contributed by atoms with E-state index in [1.54, 1.807) is 42.8 Å². The lowest BCUT2D eigenvalue weighted by Crippen LogP contribution is -2.47. The largest absolute Gasteiger partial charge is 0.384 e. The summed E-state index contributed by atoms with van der Waals surface area (Å²) < 4.78 is 18.4. The van der Waals surface area contributed by atoms with Crippen molar-refractivity contribution in [2.45, 2.75) is 76.5 Å². The molecule has 2 aromatic carbocycles. The van der Waals surface area contributed by atoms with Crippen LogP contribution < -0.4 is 26.4 Å². The summed E-state index contributed by atoms with van der Waals surface area (Å²) in [6.45, 7) is 12.3. The maximum atomic E-state index is 15.3. The number of pyridine rings is 1. The normalized spacial score (nSPS) is 18.6. The van der Waals surface area contributed by atoms with Gasteiger partial charge < -0.3 is 25.5 Å². The number of fused-ring (bicyclic) bond motifs is 1. The van der Waals surface area contributed by atoms with E-state index < -0.39 is 11.6 Å². The number of rotatable bonds is 12. The molecule has 0 bridgehead atoms. The first-order valence-electron chi connectivity index (χ1n) is 20.5. The summed E-state index contributed by atoms with van der Waals surface area (Å²) in [5.74, 6) is 0.656. The van der Waals surface area contributed by atoms with Crippen LogP contribution >= 0.6 is 0 Å². The Morgan fingerprint density at radius 3 is 2.39 bits per heavy atom. The maximum absolute atomic E-state index is 15.3. The molecule has 308 valence electrons. The van der Waals surface area contributed by atoms with Crippen molar-refractivity contribution in [1.82, 2.24) is 34.5 Å². The predicted octanol–water partition coefficient (Wildman–Crippen LogP) is 5.59. The number of imide groups is 1. The number of amides is 2. The Kier molecular flexibility index (Phi) is 11.3. The van der Waals surface area contributed by atoms with E-state index in [-0.39, 0.29) is 42.1 Å². The van der Waals surface area contributed by atoms with Gasteiger partial charge in [0, 0.05) is 49.3 Å². The molecule has 5 aromatic rings. The van der Waals surface area contributed by atoms with Gasteiger partial charge in [-0.3, -0.25) is 19.7 Å². The number of anilines is 4. The third-order valence-electron chi connectivity index (χ3n) is 11.8. The molecule has 1 atom stereocenters. The fourth-order valence-electron chi connectivity index (χ4n) is 8.52. The molecule has 0 spiro atoms. The quantitative estimate of drug-likeness (QED) is 0.0920. The van der Waals surface area contributed by atoms with Crippen molar-refractivity contribution in [3.05, 3.63) is 107 Å². The number of hydrogen-bond donors (Lipinski definition) is 4. The van der Waals surface area contributed by atoms with Gasteiger partial charge in [0.2, 0.25) is 17.8 Å². The molecule has 8 rings (SSSR count). The van der Waals surface area contributed by atoms with Gasteiger partial charge in [0.05, 0.1) is 12.2 Å². The Morgan fingerprint density at radius 1 is 0.949 bits per heavy atom. The van der Waals surface area contributed by atoms with E-state index in [9.17, 15) is 19.5 Å². The minimum Gasteiger partial charge on any atom is -0.384 e. The number of halogens is 1. The summed E-state index contributed by atoms with van der Waals surface area (Å²) in [5.41, 5.74) is 2.66. The van der Waals surface area contributed by atoms with Crippen molar-refractivity contribution >= 4 is 45.9 Å². The second kappa shape index (κ2) is 16.7. The van der Waals surface area contributed by atoms with Crippen LogP contribution in [0.3, 0.4) is 0 Å². The first-order chi connectivity index (χ1) is 28.4. The fraction of sp³-hybridized carbons (Fsp3) is 0.409. The summed E-state index contributed by atoms with van der Waals surface area (Å²) in [4.78, 5) is 55.8. The highest BCUT2D eigenvalue weighted by atomic mass is 19.1. The van der Waals surface area contributed by atoms with Gasteiger partial charge >= 0.3 is 0 Å². The molecule has 0 saturated carbocycles. The average molecular weight is 803 g/mol. The van der Waals surface area contributed by atoms with E-state index in [4.69, 9.17) is 4.98 Å². The molecule has 14 nitrogen and oxygen atoms in total. The number of nitrogens with zero attached hydrogens (tertiary/aromatic N) is 7. The van der Waals surface area contributed by atoms with Crippen molar-refractivity contribution in [3.8, 4) is 5.82 Å². The maximum Gasteiger partial charge on any atom is 0.278 e. The van der Waals surface area contributed by atoms with Crippen LogP contribution in [-0.4, -0.2) is 84.9 Å². The van der Waals surface area contributed by atoms with Crippen LogP contribution in [0.2, 0.25) is 0 Å². The molecule has 0 aliphatic carbocycles. The SMILES string of the molecule is C=CCn1c(=O)c2cnc(Nc3ccc(N4CCC(CN5CCC(c6ccc(N[C@H]7CCC(=O)NC7=O)cc6F)CC5)CC4)cc3)nc2n1-c1cccc(C(C)(C)O)n1. The number of allylic oxidation sites excluding steroid dienone is 1. The molecule has 15 heteroatoms. The summed E-state index contributed by atoms with van der Waals surface area (Å²) >= 11 is 0. The van der Waals surface area contributed by atoms with Crippen LogP contribution in [0, 0.1) is 11.7 Å². The Morgan fingerprint density at radius 2 is 1.69 bits per heavy atom. The number of benzene rings is 2. The zero-order chi connectivity index (χ0) is 41.3. The zero-order valence-electron chi connectivity index (χ0n) is 33.5. The lowest BCUT2D eigenvalue weighted by atomic mass is 9.87. The Hall–Kier alpha value is -5.93. The number of nitrogens with one attached hydrogen (secondary N) is 3. The van der Waals surface area contributed by atoms with Gasteiger partial charge in [-0.15, -0.1) is 6.58 Å². The first kappa shape index (κ1) is 39.9. The van der Waals surface area contributed by atoms with E-state index in [2.05, 4.69) is 54.4 Å². The predicted molar refractivity (Wildman–Crippen MR) is 226 cm³/mol. The summed E-state index contributed by atoms with van der Waals surface area (Å²) in [7, 11) is 0. The van der Waals surface area contributed by atoms with E-state index >= 15 is 4.39 Å². The highest BCUT2D eigenvalue weighted by Gasteiger charge is 2.29. The molecule has 0 unspecified atom stereocenters. The highest BCUT2D eigenvalue weighted by Crippen LogP contribution is 2.33. The number of carbonyl (C=O) groups is 2. The van der Waals surface area contributed by atoms with Crippen LogP contribution in [0.5, 0.6) is 0 Å². The molecular weight excluding hydrogens is 752 g/mol. The number of carbonyl (C=O) groups excluding carboxylic acids is 2. The molecule has 3 aliphatic heterocycles. The van der Waals surface area contributed by atoms with Gasteiger partial charge in [0.25, 0.3) is 5.56 Å². The monoisotopic (exact) mass is 802 g/mol. The minimum absolute atomic E-state index is 0.163. The first-order valence-corrected chi connectivity index (χ1v) is 20.5. The standard InChI is InChI=1S/C44H51FN10O4/c1-4-20-54-42(58)34-26-46-43(51-40(34)55(54)38-7-5-6-37(49-38)44(2,3)59)48-30-8-11-32(12-9-30)53-23-16-28(17-24-53)27-52-21-18-29(19-22-52)33-13-10-31(25-35(33)45)47-36-14-15-39(56)50-41(36)57/h4-13,25-26,28-29,36,47,59H,1,14-24,27H2,2-3H3,(H,46,48,51)(H,50,56,57)/t36-/m0/s1. The van der Waals surface area contributed by atoms with Crippen molar-refractivity contribution in [2.24, 2.45) is 5.92 Å². The molecule has 59 heavy (non-hydrogen) atoms. The molecule has 3 saturated heterocycles. The van der Waals surface area contributed by atoms with Crippen LogP contribution in [0.4, 0.5) is 27.4 Å². The molecule has 2 amide bonds. The molecule has 6 heterocycles. The van der Waals surface area contributed by atoms with Gasteiger partial charge in [0.1, 0.15) is 22.8 Å². The lowest BCUT2D eigenvalue weighted by Gasteiger charge is -2.38. The second-order valence-electron chi connectivity index (χ2n) is 16.4. The summed E-state index contributed by atoms with van der Waals surface area (Å²) in [6, 6.07) is 18.1. The van der Waals surface area contributed by atoms with Crippen LogP contribution in [0.25, 0.3) is 16.9 Å². The topological polar surface area (TPSA) is 163 Å². The van der Waals surface area contributed by atoms with Crippen molar-refractivity contribution in [3.63, 3.8) is 0 Å². The fourth-order valence-corrected chi connectivity index (χ4v) is 8.52. The molecule has 3 aliphatic rings. The zero-order valence-corrected chi connectivity index (χ0v) is 33.5. The van der Waals surface area contributed by atoms with Crippen LogP contribution in [0.15, 0.2) is 84.3 Å². The molecule has 3 aromatic heterocycles. The van der Waals surface area contributed by atoms with Crippen molar-refractivity contribution < 1.29 is 19.1 Å². The van der Waals surface area contributed by atoms with E-state index in [0.29, 0.717) is 46.5 Å². The van der Waals surface area contributed by atoms with E-state index in [0.717, 1.165) is 75.3 Å². The highest BCUT2D eigenvalue weighted by molar-refractivity contribution is 6.01. The summed E-state index contributed by atoms with van der Waals surface area (Å²) in [6.07, 6.45) is 7.85. The third kappa shape index (κ3) is 8.76. The third-order valence-corrected chi connectivity index (χ3v) is 11.8. The molecule has 0 radical (unpaired) electrons. The van der Waals surface area contributed by atoms with Gasteiger partial charge in [-0.1, -0.05) is 18.2 Å². The van der Waals surface area contributed by atoms with Gasteiger partial charge in [-0.25, -0.2) is 23.7 Å². The van der Waals surface area contributed by atoms with Gasteiger partial charge in [-0.2, -0.15) is 4.98 Å². The van der Waals surface area contributed by atoms with Crippen LogP contribution in [0.1, 0.15) is 69.5 Å². The number of aromatic nitrogens is 5. The molecule has 3 fully saturated rings. The lowest BCUT2D eigenvalue weighted by molar-refractivity contribution is -0.133. The van der Waals surface area contributed by atoms with Crippen molar-refractivity contribution in [2.75, 3.05) is 48.3 Å². The molecule has 4 N–H and O–H groups in total. The Labute approximate surface area is 342 Å². The Balaban J connectivity index is 0.838. The van der Waals surface area contributed by atoms with Crippen LogP contribution in [-0.2, 0) is 21.7 Å². The van der Waals surface area contributed by atoms with E-state index in [1.165, 1.54) is 16.9 Å². The smallest absolute Gasteiger partial charge is 0.278 e. The minimum atomic E-state index is -1.17. The summed E-state index contributed by atoms with van der Waals surface area (Å²) in [5, 5.41) is 19.7. The number of likely N-dealkylation sites (tertiary alicyclic amines) is 1. The Bertz CT molecular complexity index is 2410.